The highest BCUT2D eigenvalue weighted by atomic mass is 16.5. The Labute approximate surface area is 159 Å². The molecule has 1 aromatic carbocycles. The molecule has 5 heteroatoms. The number of fused-ring (bicyclic) bond motifs is 4. The molecule has 4 heterocycles. The minimum atomic E-state index is -0.762. The van der Waals surface area contributed by atoms with Crippen molar-refractivity contribution in [3.05, 3.63) is 61.1 Å². The number of rotatable bonds is 5. The minimum absolute atomic E-state index is 0.111. The van der Waals surface area contributed by atoms with Gasteiger partial charge >= 0.3 is 0 Å². The van der Waals surface area contributed by atoms with Crippen LogP contribution in [0.25, 0.3) is 10.9 Å². The molecule has 3 aliphatic heterocycles. The average Bonchev–Trinajstić information content (AvgIpc) is 2.72. The monoisotopic (exact) mass is 366 g/mol. The number of ether oxygens (including phenoxy) is 1. The fourth-order valence-electron chi connectivity index (χ4n) is 5.15. The van der Waals surface area contributed by atoms with E-state index < -0.39 is 6.10 Å². The summed E-state index contributed by atoms with van der Waals surface area (Å²) in [5, 5.41) is 24.9. The number of methoxy groups -OCH3 is 1. The second-order valence-corrected chi connectivity index (χ2v) is 7.81. The molecule has 0 aliphatic carbocycles. The van der Waals surface area contributed by atoms with Gasteiger partial charge in [0.2, 0.25) is 0 Å². The van der Waals surface area contributed by atoms with Gasteiger partial charge in [0.05, 0.1) is 31.6 Å². The Bertz CT molecular complexity index is 896. The Morgan fingerprint density at radius 1 is 1.44 bits per heavy atom. The first-order valence-electron chi connectivity index (χ1n) is 9.46. The molecule has 3 aliphatic rings. The fourth-order valence-corrected chi connectivity index (χ4v) is 5.15. The molecule has 0 saturated carbocycles. The highest BCUT2D eigenvalue weighted by Crippen LogP contribution is 2.48. The second kappa shape index (κ2) is 6.66. The van der Waals surface area contributed by atoms with Gasteiger partial charge in [-0.1, -0.05) is 12.7 Å². The summed E-state index contributed by atoms with van der Waals surface area (Å²) in [6.45, 7) is 9.15. The van der Waals surface area contributed by atoms with Crippen molar-refractivity contribution < 1.29 is 19.4 Å². The predicted octanol–water partition coefficient (Wildman–Crippen LogP) is 2.52. The van der Waals surface area contributed by atoms with Gasteiger partial charge in [-0.15, -0.1) is 6.58 Å². The van der Waals surface area contributed by atoms with Crippen LogP contribution >= 0.6 is 0 Å². The first-order chi connectivity index (χ1) is 13.0. The van der Waals surface area contributed by atoms with Crippen molar-refractivity contribution >= 4 is 10.9 Å². The molecule has 1 N–H and O–H groups in total. The molecule has 0 amide bonds. The lowest BCUT2D eigenvalue weighted by atomic mass is 9.71. The number of piperidine rings is 3. The summed E-state index contributed by atoms with van der Waals surface area (Å²) in [5.74, 6) is 1.38. The maximum absolute atomic E-state index is 12.6. The van der Waals surface area contributed by atoms with Crippen LogP contribution in [-0.2, 0) is 0 Å². The van der Waals surface area contributed by atoms with E-state index in [9.17, 15) is 10.2 Å². The van der Waals surface area contributed by atoms with Crippen LogP contribution in [-0.4, -0.2) is 40.8 Å². The third-order valence-electron chi connectivity index (χ3n) is 6.69. The fraction of sp³-hybridized carbons (Fsp3) is 0.409. The quantitative estimate of drug-likeness (QED) is 0.502. The Hall–Kier alpha value is -2.37. The van der Waals surface area contributed by atoms with E-state index in [0.29, 0.717) is 18.4 Å². The highest BCUT2D eigenvalue weighted by Gasteiger charge is 2.53. The number of hydrogen-bond acceptors (Lipinski definition) is 4. The van der Waals surface area contributed by atoms with E-state index in [1.165, 1.54) is 0 Å². The van der Waals surface area contributed by atoms with Gasteiger partial charge in [0.1, 0.15) is 17.9 Å². The molecule has 0 spiro atoms. The number of aliphatic hydroxyl groups is 1. The lowest BCUT2D eigenvalue weighted by Gasteiger charge is -2.59. The van der Waals surface area contributed by atoms with Crippen LogP contribution in [0.4, 0.5) is 0 Å². The van der Waals surface area contributed by atoms with Gasteiger partial charge in [-0.3, -0.25) is 9.47 Å². The molecular formula is C22H26N2O3. The number of hydrogen-bond donors (Lipinski definition) is 1. The molecule has 5 rings (SSSR count). The van der Waals surface area contributed by atoms with Gasteiger partial charge < -0.3 is 14.9 Å². The van der Waals surface area contributed by atoms with Crippen LogP contribution in [0.1, 0.15) is 24.5 Å². The summed E-state index contributed by atoms with van der Waals surface area (Å²) in [6.07, 6.45) is 4.70. The summed E-state index contributed by atoms with van der Waals surface area (Å²) in [7, 11) is 1.62. The van der Waals surface area contributed by atoms with Crippen molar-refractivity contribution in [1.82, 2.24) is 4.98 Å². The van der Waals surface area contributed by atoms with Crippen LogP contribution < -0.4 is 9.84 Å². The third-order valence-corrected chi connectivity index (χ3v) is 6.69. The predicted molar refractivity (Wildman–Crippen MR) is 103 cm³/mol. The highest BCUT2D eigenvalue weighted by molar-refractivity contribution is 5.83. The molecule has 5 atom stereocenters. The Balaban J connectivity index is 1.78. The first kappa shape index (κ1) is 18.0. The normalized spacial score (nSPS) is 30.8. The van der Waals surface area contributed by atoms with Gasteiger partial charge in [-0.2, -0.15) is 0 Å². The van der Waals surface area contributed by atoms with Gasteiger partial charge in [0, 0.05) is 30.3 Å². The van der Waals surface area contributed by atoms with Gasteiger partial charge in [-0.05, 0) is 35.7 Å². The molecule has 5 nitrogen and oxygen atoms in total. The van der Waals surface area contributed by atoms with Crippen LogP contribution in [0.5, 0.6) is 5.75 Å². The number of pyridine rings is 1. The minimum Gasteiger partial charge on any atom is -0.831 e. The summed E-state index contributed by atoms with van der Waals surface area (Å²) in [6, 6.07) is 7.31. The summed E-state index contributed by atoms with van der Waals surface area (Å²) in [4.78, 5) is 4.41. The van der Waals surface area contributed by atoms with Crippen LogP contribution in [0.2, 0.25) is 0 Å². The van der Waals surface area contributed by atoms with E-state index in [0.717, 1.165) is 41.6 Å². The van der Waals surface area contributed by atoms with Gasteiger partial charge in [-0.25, -0.2) is 0 Å². The van der Waals surface area contributed by atoms with Crippen molar-refractivity contribution in [3.8, 4) is 5.75 Å². The first-order valence-corrected chi connectivity index (χ1v) is 9.46. The molecule has 27 heavy (non-hydrogen) atoms. The smallest absolute Gasteiger partial charge is 0.132 e. The van der Waals surface area contributed by atoms with Crippen molar-refractivity contribution in [2.24, 2.45) is 11.8 Å². The molecule has 0 radical (unpaired) electrons. The van der Waals surface area contributed by atoms with Gasteiger partial charge in [0.15, 0.2) is 0 Å². The standard InChI is InChI=1S/C22H26N2O3/c1-4-15-13-24(14(2)25)10-8-16(15)11-21(24)22(26)18-7-9-23-20-6-5-17(27-3)12-19(18)20/h4-7,9,12,15-16,21-22,26H,1-2,8,10-11,13H2,3H3/t15-,16-,21+,22-,24-/m0/s1. The zero-order chi connectivity index (χ0) is 19.2. The second-order valence-electron chi connectivity index (χ2n) is 7.81. The largest absolute Gasteiger partial charge is 0.831 e. The van der Waals surface area contributed by atoms with E-state index >= 15 is 0 Å². The Morgan fingerprint density at radius 2 is 2.26 bits per heavy atom. The number of benzene rings is 1. The zero-order valence-electron chi connectivity index (χ0n) is 15.7. The molecule has 2 aromatic rings. The lowest BCUT2D eigenvalue weighted by Crippen LogP contribution is -2.68. The molecule has 1 aromatic heterocycles. The zero-order valence-corrected chi connectivity index (χ0v) is 15.7. The Morgan fingerprint density at radius 3 is 2.96 bits per heavy atom. The summed E-state index contributed by atoms with van der Waals surface area (Å²) >= 11 is 0. The van der Waals surface area contributed by atoms with Crippen LogP contribution in [0.15, 0.2) is 55.6 Å². The van der Waals surface area contributed by atoms with Crippen LogP contribution in [0.3, 0.4) is 0 Å². The maximum Gasteiger partial charge on any atom is 0.132 e. The summed E-state index contributed by atoms with van der Waals surface area (Å²) in [5.41, 5.74) is 1.60. The number of quaternary nitrogens is 1. The third kappa shape index (κ3) is 2.73. The lowest BCUT2D eigenvalue weighted by molar-refractivity contribution is -0.976. The van der Waals surface area contributed by atoms with E-state index in [4.69, 9.17) is 4.74 Å². The molecule has 3 fully saturated rings. The van der Waals surface area contributed by atoms with Crippen LogP contribution in [0, 0.1) is 11.8 Å². The van der Waals surface area contributed by atoms with E-state index in [1.54, 1.807) is 13.3 Å². The molecule has 142 valence electrons. The van der Waals surface area contributed by atoms with Crippen molar-refractivity contribution in [1.29, 1.82) is 0 Å². The van der Waals surface area contributed by atoms with Gasteiger partial charge in [0.25, 0.3) is 0 Å². The van der Waals surface area contributed by atoms with Crippen molar-refractivity contribution in [2.45, 2.75) is 25.0 Å². The van der Waals surface area contributed by atoms with E-state index in [-0.39, 0.29) is 16.4 Å². The van der Waals surface area contributed by atoms with Crippen molar-refractivity contribution in [2.75, 3.05) is 20.2 Å². The molecular weight excluding hydrogens is 340 g/mol. The topological polar surface area (TPSA) is 65.4 Å². The molecule has 2 bridgehead atoms. The number of aromatic nitrogens is 1. The molecule has 0 unspecified atom stereocenters. The molecule has 3 saturated heterocycles. The number of aliphatic hydroxyl groups excluding tert-OH is 1. The number of nitrogens with zero attached hydrogens (tertiary/aromatic N) is 2. The van der Waals surface area contributed by atoms with E-state index in [1.807, 2.05) is 30.3 Å². The SMILES string of the molecule is C=C[C@H]1C[N@+]2(C(=C)[O-])CC[C@H]1C[C@@H]2[C@@H](O)c1ccnc2ccc(OC)cc12. The average molecular weight is 366 g/mol. The maximum atomic E-state index is 12.6. The summed E-state index contributed by atoms with van der Waals surface area (Å²) < 4.78 is 5.59. The van der Waals surface area contributed by atoms with E-state index in [2.05, 4.69) is 18.1 Å². The Kier molecular flexibility index (Phi) is 4.44. The van der Waals surface area contributed by atoms with Crippen molar-refractivity contribution in [3.63, 3.8) is 0 Å².